The first-order valence-corrected chi connectivity index (χ1v) is 13.8. The van der Waals surface area contributed by atoms with E-state index in [2.05, 4.69) is 46.5 Å². The molecule has 0 atom stereocenters. The number of hydrogen-bond donors (Lipinski definition) is 0. The summed E-state index contributed by atoms with van der Waals surface area (Å²) >= 11 is 0. The maximum Gasteiger partial charge on any atom is 0.243 e. The molecule has 1 aliphatic heterocycles. The fourth-order valence-electron chi connectivity index (χ4n) is 2.61. The predicted octanol–water partition coefficient (Wildman–Crippen LogP) is 4.89. The molecule has 0 N–H and O–H groups in total. The number of sulfonamides is 1. The van der Waals surface area contributed by atoms with E-state index in [0.29, 0.717) is 31.0 Å². The van der Waals surface area contributed by atoms with E-state index in [-0.39, 0.29) is 5.04 Å². The quantitative estimate of drug-likeness (QED) is 0.631. The van der Waals surface area contributed by atoms with Gasteiger partial charge in [-0.1, -0.05) is 51.1 Å². The van der Waals surface area contributed by atoms with Gasteiger partial charge in [-0.3, -0.25) is 0 Å². The molecular formula is C21H33NO3SSi. The first-order valence-electron chi connectivity index (χ1n) is 9.42. The van der Waals surface area contributed by atoms with Gasteiger partial charge >= 0.3 is 0 Å². The van der Waals surface area contributed by atoms with Crippen molar-refractivity contribution >= 4 is 18.3 Å². The van der Waals surface area contributed by atoms with Crippen molar-refractivity contribution in [3.63, 3.8) is 0 Å². The van der Waals surface area contributed by atoms with E-state index in [9.17, 15) is 8.42 Å². The average Bonchev–Trinajstić information content (AvgIpc) is 2.59. The maximum atomic E-state index is 13.0. The van der Waals surface area contributed by atoms with E-state index >= 15 is 0 Å². The Bertz CT molecular complexity index is 818. The Hall–Kier alpha value is -1.21. The lowest BCUT2D eigenvalue weighted by Gasteiger charge is -2.37. The smallest absolute Gasteiger partial charge is 0.243 e. The fourth-order valence-corrected chi connectivity index (χ4v) is 5.01. The molecule has 27 heavy (non-hydrogen) atoms. The van der Waals surface area contributed by atoms with Crippen molar-refractivity contribution in [3.8, 4) is 0 Å². The molecule has 0 aliphatic carbocycles. The zero-order chi connectivity index (χ0) is 20.5. The predicted molar refractivity (Wildman–Crippen MR) is 115 cm³/mol. The van der Waals surface area contributed by atoms with Crippen molar-refractivity contribution in [1.82, 2.24) is 4.31 Å². The fraction of sp³-hybridized carbons (Fsp3) is 0.524. The Morgan fingerprint density at radius 2 is 1.81 bits per heavy atom. The van der Waals surface area contributed by atoms with E-state index in [4.69, 9.17) is 4.43 Å². The third-order valence-electron chi connectivity index (χ3n) is 5.64. The van der Waals surface area contributed by atoms with Crippen molar-refractivity contribution in [2.75, 3.05) is 19.7 Å². The second-order valence-corrected chi connectivity index (χ2v) is 15.6. The van der Waals surface area contributed by atoms with Crippen LogP contribution in [0.5, 0.6) is 0 Å². The van der Waals surface area contributed by atoms with Gasteiger partial charge < -0.3 is 4.43 Å². The molecule has 150 valence electrons. The highest BCUT2D eigenvalue weighted by Crippen LogP contribution is 2.37. The first-order chi connectivity index (χ1) is 12.3. The number of nitrogens with zero attached hydrogens (tertiary/aromatic N) is 1. The molecule has 0 amide bonds. The van der Waals surface area contributed by atoms with Crippen LogP contribution < -0.4 is 0 Å². The Morgan fingerprint density at radius 1 is 1.22 bits per heavy atom. The van der Waals surface area contributed by atoms with Crippen LogP contribution in [-0.2, 0) is 14.4 Å². The lowest BCUT2D eigenvalue weighted by molar-refractivity contribution is 0.318. The summed E-state index contributed by atoms with van der Waals surface area (Å²) in [5, 5.41) is 0.134. The van der Waals surface area contributed by atoms with Gasteiger partial charge in [-0.05, 0) is 54.8 Å². The number of hydrogen-bond acceptors (Lipinski definition) is 3. The molecular weight excluding hydrogens is 374 g/mol. The van der Waals surface area contributed by atoms with Gasteiger partial charge in [-0.15, -0.1) is 0 Å². The molecule has 0 spiro atoms. The molecule has 6 heteroatoms. The van der Waals surface area contributed by atoms with E-state index < -0.39 is 18.3 Å². The highest BCUT2D eigenvalue weighted by atomic mass is 32.2. The van der Waals surface area contributed by atoms with Crippen molar-refractivity contribution in [2.24, 2.45) is 0 Å². The van der Waals surface area contributed by atoms with Gasteiger partial charge in [0.05, 0.1) is 11.5 Å². The SMILES string of the molecule is C=C(CO[Si](C)(C)C(C)(C)C)C1=CCCN(S(=O)(=O)c2ccc(C)cc2)C1. The van der Waals surface area contributed by atoms with Crippen LogP contribution in [0.4, 0.5) is 0 Å². The van der Waals surface area contributed by atoms with E-state index in [0.717, 1.165) is 16.7 Å². The second-order valence-electron chi connectivity index (χ2n) is 8.82. The molecule has 2 rings (SSSR count). The van der Waals surface area contributed by atoms with Gasteiger partial charge in [0.2, 0.25) is 10.0 Å². The van der Waals surface area contributed by atoms with Crippen molar-refractivity contribution < 1.29 is 12.8 Å². The van der Waals surface area contributed by atoms with Gasteiger partial charge in [-0.25, -0.2) is 8.42 Å². The topological polar surface area (TPSA) is 46.6 Å². The van der Waals surface area contributed by atoms with Crippen LogP contribution in [0.3, 0.4) is 0 Å². The average molecular weight is 408 g/mol. The van der Waals surface area contributed by atoms with Crippen molar-refractivity contribution in [3.05, 3.63) is 53.6 Å². The second kappa shape index (κ2) is 8.03. The van der Waals surface area contributed by atoms with Crippen LogP contribution in [-0.4, -0.2) is 40.7 Å². The summed E-state index contributed by atoms with van der Waals surface area (Å²) in [5.74, 6) is 0. The summed E-state index contributed by atoms with van der Waals surface area (Å²) in [6, 6.07) is 7.02. The zero-order valence-electron chi connectivity index (χ0n) is 17.5. The third-order valence-corrected chi connectivity index (χ3v) is 12.0. The van der Waals surface area contributed by atoms with Gasteiger partial charge in [0.15, 0.2) is 8.32 Å². The van der Waals surface area contributed by atoms with Gasteiger partial charge in [0, 0.05) is 13.1 Å². The van der Waals surface area contributed by atoms with E-state index in [1.54, 1.807) is 16.4 Å². The Kier molecular flexibility index (Phi) is 6.57. The molecule has 0 unspecified atom stereocenters. The Morgan fingerprint density at radius 3 is 2.37 bits per heavy atom. The number of aryl methyl sites for hydroxylation is 1. The van der Waals surface area contributed by atoms with Crippen molar-refractivity contribution in [2.45, 2.75) is 57.1 Å². The first kappa shape index (κ1) is 22.1. The molecule has 0 radical (unpaired) electrons. The lowest BCUT2D eigenvalue weighted by atomic mass is 10.1. The molecule has 0 saturated heterocycles. The monoisotopic (exact) mass is 407 g/mol. The number of benzene rings is 1. The largest absolute Gasteiger partial charge is 0.413 e. The summed E-state index contributed by atoms with van der Waals surface area (Å²) in [6.07, 6.45) is 2.79. The van der Waals surface area contributed by atoms with Crippen LogP contribution in [0.25, 0.3) is 0 Å². The molecule has 0 bridgehead atoms. The standard InChI is InChI=1S/C21H33NO3SSi/c1-17-10-12-20(13-11-17)26(23,24)22-14-8-9-19(15-22)18(2)16-25-27(6,7)21(3,4)5/h9-13H,2,8,14-16H2,1,3-7H3. The summed E-state index contributed by atoms with van der Waals surface area (Å²) in [4.78, 5) is 0.345. The van der Waals surface area contributed by atoms with E-state index in [1.807, 2.05) is 19.1 Å². The summed E-state index contributed by atoms with van der Waals surface area (Å²) in [5.41, 5.74) is 2.89. The summed E-state index contributed by atoms with van der Waals surface area (Å²) in [6.45, 7) is 18.5. The van der Waals surface area contributed by atoms with Crippen LogP contribution >= 0.6 is 0 Å². The van der Waals surface area contributed by atoms with E-state index in [1.165, 1.54) is 0 Å². The van der Waals surface area contributed by atoms with Crippen molar-refractivity contribution in [1.29, 1.82) is 0 Å². The van der Waals surface area contributed by atoms with Crippen LogP contribution in [0, 0.1) is 6.92 Å². The number of rotatable bonds is 6. The molecule has 1 aliphatic rings. The maximum absolute atomic E-state index is 13.0. The third kappa shape index (κ3) is 5.19. The molecule has 0 saturated carbocycles. The summed E-state index contributed by atoms with van der Waals surface area (Å²) < 4.78 is 33.7. The molecule has 1 aromatic carbocycles. The Balaban J connectivity index is 2.08. The van der Waals surface area contributed by atoms with Gasteiger partial charge in [0.1, 0.15) is 0 Å². The molecule has 4 nitrogen and oxygen atoms in total. The minimum atomic E-state index is -3.49. The lowest BCUT2D eigenvalue weighted by Crippen LogP contribution is -2.41. The van der Waals surface area contributed by atoms with Crippen LogP contribution in [0.1, 0.15) is 32.8 Å². The molecule has 1 heterocycles. The summed E-state index contributed by atoms with van der Waals surface area (Å²) in [7, 11) is -5.36. The van der Waals surface area contributed by atoms with Crippen LogP contribution in [0.2, 0.25) is 18.1 Å². The highest BCUT2D eigenvalue weighted by Gasteiger charge is 2.37. The molecule has 0 fully saturated rings. The molecule has 1 aromatic rings. The van der Waals surface area contributed by atoms with Crippen LogP contribution in [0.15, 0.2) is 53.0 Å². The minimum Gasteiger partial charge on any atom is -0.413 e. The Labute approximate surface area is 166 Å². The van der Waals surface area contributed by atoms with Gasteiger partial charge in [0.25, 0.3) is 0 Å². The zero-order valence-corrected chi connectivity index (χ0v) is 19.3. The normalized spacial score (nSPS) is 16.9. The highest BCUT2D eigenvalue weighted by molar-refractivity contribution is 7.89. The molecule has 0 aromatic heterocycles. The van der Waals surface area contributed by atoms with Gasteiger partial charge in [-0.2, -0.15) is 4.31 Å². The minimum absolute atomic E-state index is 0.134.